The van der Waals surface area contributed by atoms with Crippen LogP contribution in [0.25, 0.3) is 11.4 Å². The number of carbonyl (C=O) groups excluding carboxylic acids is 1. The maximum atomic E-state index is 13.1. The van der Waals surface area contributed by atoms with Gasteiger partial charge in [-0.2, -0.15) is 0 Å². The average molecular weight is 391 g/mol. The number of morpholine rings is 1. The average Bonchev–Trinajstić information content (AvgIpc) is 3.23. The molecular formula is C20H21N7O2. The van der Waals surface area contributed by atoms with Crippen LogP contribution in [-0.4, -0.2) is 61.6 Å². The van der Waals surface area contributed by atoms with Gasteiger partial charge in [-0.15, -0.1) is 0 Å². The topological polar surface area (TPSA) is 98.1 Å². The molecule has 2 aliphatic heterocycles. The fraction of sp³-hybridized carbons (Fsp3) is 0.350. The quantitative estimate of drug-likeness (QED) is 0.717. The standard InChI is InChI=1S/C20H21N7O2/c28-19(26-7-9-29-10-8-26)17-18-16-14(4-6-27(18)13-24-17)11-22-20(25-16)23-12-15-3-1-2-5-21-15/h1-3,5,11,13H,4,6-10,12H2,(H,22,23,25). The Hall–Kier alpha value is -3.33. The van der Waals surface area contributed by atoms with Gasteiger partial charge in [0, 0.05) is 37.6 Å². The van der Waals surface area contributed by atoms with Crippen molar-refractivity contribution in [3.05, 3.63) is 53.9 Å². The van der Waals surface area contributed by atoms with Gasteiger partial charge < -0.3 is 19.5 Å². The summed E-state index contributed by atoms with van der Waals surface area (Å²) in [7, 11) is 0. The van der Waals surface area contributed by atoms with Crippen molar-refractivity contribution in [2.45, 2.75) is 19.5 Å². The number of anilines is 1. The van der Waals surface area contributed by atoms with E-state index in [2.05, 4.69) is 20.3 Å². The zero-order valence-corrected chi connectivity index (χ0v) is 15.9. The highest BCUT2D eigenvalue weighted by Gasteiger charge is 2.29. The summed E-state index contributed by atoms with van der Waals surface area (Å²) in [6.45, 7) is 3.57. The van der Waals surface area contributed by atoms with Crippen LogP contribution >= 0.6 is 0 Å². The van der Waals surface area contributed by atoms with E-state index in [0.29, 0.717) is 44.5 Å². The van der Waals surface area contributed by atoms with Crippen molar-refractivity contribution >= 4 is 11.9 Å². The summed E-state index contributed by atoms with van der Waals surface area (Å²) >= 11 is 0. The number of aromatic nitrogens is 5. The van der Waals surface area contributed by atoms with Crippen molar-refractivity contribution in [2.24, 2.45) is 0 Å². The lowest BCUT2D eigenvalue weighted by Crippen LogP contribution is -2.41. The molecule has 5 heterocycles. The van der Waals surface area contributed by atoms with Crippen LogP contribution in [0.1, 0.15) is 21.7 Å². The van der Waals surface area contributed by atoms with E-state index >= 15 is 0 Å². The number of rotatable bonds is 4. The lowest BCUT2D eigenvalue weighted by molar-refractivity contribution is 0.0300. The van der Waals surface area contributed by atoms with Gasteiger partial charge in [0.25, 0.3) is 5.91 Å². The second-order valence-corrected chi connectivity index (χ2v) is 7.03. The maximum Gasteiger partial charge on any atom is 0.274 e. The molecule has 9 heteroatoms. The Morgan fingerprint density at radius 3 is 2.86 bits per heavy atom. The van der Waals surface area contributed by atoms with E-state index in [-0.39, 0.29) is 5.91 Å². The fourth-order valence-electron chi connectivity index (χ4n) is 3.67. The Labute approximate surface area is 167 Å². The number of pyridine rings is 1. The number of nitrogens with zero attached hydrogens (tertiary/aromatic N) is 6. The number of fused-ring (bicyclic) bond motifs is 3. The van der Waals surface area contributed by atoms with Gasteiger partial charge in [-0.25, -0.2) is 15.0 Å². The van der Waals surface area contributed by atoms with Crippen molar-refractivity contribution in [3.63, 3.8) is 0 Å². The van der Waals surface area contributed by atoms with Crippen molar-refractivity contribution in [2.75, 3.05) is 31.6 Å². The number of imidazole rings is 1. The zero-order valence-electron chi connectivity index (χ0n) is 15.9. The number of nitrogens with one attached hydrogen (secondary N) is 1. The van der Waals surface area contributed by atoms with Crippen LogP contribution in [0, 0.1) is 0 Å². The molecule has 1 fully saturated rings. The monoisotopic (exact) mass is 391 g/mol. The van der Waals surface area contributed by atoms with Crippen molar-refractivity contribution < 1.29 is 9.53 Å². The second-order valence-electron chi connectivity index (χ2n) is 7.03. The summed E-state index contributed by atoms with van der Waals surface area (Å²) in [5, 5.41) is 3.22. The van der Waals surface area contributed by atoms with E-state index in [4.69, 9.17) is 9.72 Å². The Morgan fingerprint density at radius 1 is 1.14 bits per heavy atom. The number of ether oxygens (including phenoxy) is 1. The van der Waals surface area contributed by atoms with Crippen molar-refractivity contribution in [1.82, 2.24) is 29.4 Å². The summed E-state index contributed by atoms with van der Waals surface area (Å²) < 4.78 is 7.37. The summed E-state index contributed by atoms with van der Waals surface area (Å²) in [4.78, 5) is 32.8. The molecule has 0 aromatic carbocycles. The lowest BCUT2D eigenvalue weighted by atomic mass is 10.0. The van der Waals surface area contributed by atoms with E-state index in [0.717, 1.165) is 35.6 Å². The van der Waals surface area contributed by atoms with Gasteiger partial charge in [-0.05, 0) is 18.6 Å². The smallest absolute Gasteiger partial charge is 0.274 e. The van der Waals surface area contributed by atoms with Crippen LogP contribution in [0.15, 0.2) is 36.9 Å². The molecule has 148 valence electrons. The molecule has 9 nitrogen and oxygen atoms in total. The maximum absolute atomic E-state index is 13.1. The summed E-state index contributed by atoms with van der Waals surface area (Å²) in [5.41, 5.74) is 3.91. The lowest BCUT2D eigenvalue weighted by Gasteiger charge is -2.27. The van der Waals surface area contributed by atoms with Gasteiger partial charge in [0.05, 0.1) is 37.5 Å². The van der Waals surface area contributed by atoms with Gasteiger partial charge in [0.2, 0.25) is 5.95 Å². The van der Waals surface area contributed by atoms with Crippen LogP contribution < -0.4 is 5.32 Å². The number of amides is 1. The van der Waals surface area contributed by atoms with Crippen LogP contribution in [0.4, 0.5) is 5.95 Å². The second kappa shape index (κ2) is 7.59. The van der Waals surface area contributed by atoms with Crippen LogP contribution in [0.2, 0.25) is 0 Å². The van der Waals surface area contributed by atoms with E-state index in [1.165, 1.54) is 0 Å². The fourth-order valence-corrected chi connectivity index (χ4v) is 3.67. The number of hydrogen-bond acceptors (Lipinski definition) is 7. The minimum atomic E-state index is -0.0727. The molecule has 29 heavy (non-hydrogen) atoms. The molecule has 3 aromatic rings. The number of aryl methyl sites for hydroxylation is 2. The zero-order chi connectivity index (χ0) is 19.6. The first-order valence-electron chi connectivity index (χ1n) is 9.72. The molecule has 2 aliphatic rings. The molecule has 0 spiro atoms. The summed E-state index contributed by atoms with van der Waals surface area (Å²) in [5.74, 6) is 0.435. The van der Waals surface area contributed by atoms with Gasteiger partial charge in [0.1, 0.15) is 5.69 Å². The molecule has 0 unspecified atom stereocenters. The van der Waals surface area contributed by atoms with E-state index in [1.54, 1.807) is 17.4 Å². The predicted octanol–water partition coefficient (Wildman–Crippen LogP) is 1.38. The molecule has 0 saturated carbocycles. The largest absolute Gasteiger partial charge is 0.378 e. The molecular weight excluding hydrogens is 370 g/mol. The molecule has 0 radical (unpaired) electrons. The third-order valence-corrected chi connectivity index (χ3v) is 5.20. The Balaban J connectivity index is 1.44. The van der Waals surface area contributed by atoms with E-state index in [9.17, 15) is 4.79 Å². The SMILES string of the molecule is O=C(c1ncn2c1-c1nc(NCc3ccccn3)ncc1CC2)N1CCOCC1. The summed E-state index contributed by atoms with van der Waals surface area (Å²) in [6.07, 6.45) is 6.13. The highest BCUT2D eigenvalue weighted by Crippen LogP contribution is 2.31. The third-order valence-electron chi connectivity index (χ3n) is 5.20. The Kier molecular flexibility index (Phi) is 4.65. The molecule has 0 atom stereocenters. The number of hydrogen-bond donors (Lipinski definition) is 1. The predicted molar refractivity (Wildman–Crippen MR) is 105 cm³/mol. The third kappa shape index (κ3) is 3.44. The molecule has 3 aromatic heterocycles. The molecule has 5 rings (SSSR count). The van der Waals surface area contributed by atoms with Crippen LogP contribution in [0.3, 0.4) is 0 Å². The molecule has 1 N–H and O–H groups in total. The molecule has 0 bridgehead atoms. The normalized spacial score (nSPS) is 15.5. The highest BCUT2D eigenvalue weighted by molar-refractivity contribution is 5.98. The summed E-state index contributed by atoms with van der Waals surface area (Å²) in [6, 6.07) is 5.77. The molecule has 0 aliphatic carbocycles. The van der Waals surface area contributed by atoms with Gasteiger partial charge in [-0.1, -0.05) is 6.07 Å². The van der Waals surface area contributed by atoms with Crippen molar-refractivity contribution in [3.8, 4) is 11.4 Å². The van der Waals surface area contributed by atoms with Crippen LogP contribution in [0.5, 0.6) is 0 Å². The minimum Gasteiger partial charge on any atom is -0.378 e. The number of carbonyl (C=O) groups is 1. The molecule has 1 amide bonds. The molecule has 1 saturated heterocycles. The van der Waals surface area contributed by atoms with Gasteiger partial charge in [0.15, 0.2) is 5.69 Å². The van der Waals surface area contributed by atoms with Crippen LogP contribution in [-0.2, 0) is 24.2 Å². The van der Waals surface area contributed by atoms with Gasteiger partial charge in [-0.3, -0.25) is 9.78 Å². The first-order valence-corrected chi connectivity index (χ1v) is 9.72. The van der Waals surface area contributed by atoms with Gasteiger partial charge >= 0.3 is 0 Å². The first-order chi connectivity index (χ1) is 14.3. The van der Waals surface area contributed by atoms with E-state index < -0.39 is 0 Å². The highest BCUT2D eigenvalue weighted by atomic mass is 16.5. The van der Waals surface area contributed by atoms with Crippen molar-refractivity contribution in [1.29, 1.82) is 0 Å². The Morgan fingerprint density at radius 2 is 2.03 bits per heavy atom. The first kappa shape index (κ1) is 17.7. The van der Waals surface area contributed by atoms with E-state index in [1.807, 2.05) is 29.0 Å². The Bertz CT molecular complexity index is 1030. The minimum absolute atomic E-state index is 0.0727.